The fourth-order valence-corrected chi connectivity index (χ4v) is 2.93. The molecule has 1 heterocycles. The Kier molecular flexibility index (Phi) is 6.16. The van der Waals surface area contributed by atoms with Gasteiger partial charge in [-0.15, -0.1) is 0 Å². The van der Waals surface area contributed by atoms with E-state index < -0.39 is 5.60 Å². The number of esters is 1. The number of rotatable bonds is 3. The first-order valence-corrected chi connectivity index (χ1v) is 8.65. The van der Waals surface area contributed by atoms with Gasteiger partial charge in [0.15, 0.2) is 0 Å². The molecule has 1 aromatic carbocycles. The molecule has 0 saturated carbocycles. The monoisotopic (exact) mass is 368 g/mol. The van der Waals surface area contributed by atoms with Gasteiger partial charge < -0.3 is 19.3 Å². The lowest BCUT2D eigenvalue weighted by atomic mass is 10.1. The number of nitrogens with zero attached hydrogens (tertiary/aromatic N) is 2. The molecule has 7 heteroatoms. The van der Waals surface area contributed by atoms with Gasteiger partial charge in [0.1, 0.15) is 5.60 Å². The lowest BCUT2D eigenvalue weighted by Crippen LogP contribution is -2.50. The first-order chi connectivity index (χ1) is 11.7. The molecule has 138 valence electrons. The molecular formula is C18H25ClN2O4. The molecule has 6 nitrogen and oxygen atoms in total. The second-order valence-corrected chi connectivity index (χ2v) is 7.40. The van der Waals surface area contributed by atoms with Gasteiger partial charge in [0.25, 0.3) is 0 Å². The van der Waals surface area contributed by atoms with E-state index in [2.05, 4.69) is 9.64 Å². The van der Waals surface area contributed by atoms with Crippen molar-refractivity contribution in [3.63, 3.8) is 0 Å². The van der Waals surface area contributed by atoms with E-state index in [0.29, 0.717) is 31.2 Å². The standard InChI is InChI=1S/C18H25ClN2O4/c1-18(2,3)25-17(23)21-9-7-20(8-10-21)15-6-5-13(11-14(15)19)12-16(22)24-4/h5-6,11H,7-10,12H2,1-4H3. The van der Waals surface area contributed by atoms with E-state index in [1.54, 1.807) is 11.0 Å². The Morgan fingerprint density at radius 1 is 1.16 bits per heavy atom. The maximum absolute atomic E-state index is 12.1. The molecule has 2 rings (SSSR count). The predicted molar refractivity (Wildman–Crippen MR) is 97.2 cm³/mol. The lowest BCUT2D eigenvalue weighted by molar-refractivity contribution is -0.139. The van der Waals surface area contributed by atoms with Crippen molar-refractivity contribution in [2.75, 3.05) is 38.2 Å². The summed E-state index contributed by atoms with van der Waals surface area (Å²) in [4.78, 5) is 27.3. The molecule has 1 aliphatic heterocycles. The van der Waals surface area contributed by atoms with Crippen molar-refractivity contribution >= 4 is 29.4 Å². The molecule has 1 amide bonds. The highest BCUT2D eigenvalue weighted by Crippen LogP contribution is 2.28. The molecule has 1 aliphatic rings. The van der Waals surface area contributed by atoms with Gasteiger partial charge in [-0.1, -0.05) is 17.7 Å². The molecule has 0 bridgehead atoms. The number of hydrogen-bond donors (Lipinski definition) is 0. The van der Waals surface area contributed by atoms with E-state index in [4.69, 9.17) is 16.3 Å². The molecule has 1 fully saturated rings. The number of hydrogen-bond acceptors (Lipinski definition) is 5. The Labute approximate surface area is 153 Å². The van der Waals surface area contributed by atoms with Gasteiger partial charge in [0, 0.05) is 26.2 Å². The summed E-state index contributed by atoms with van der Waals surface area (Å²) < 4.78 is 10.1. The fraction of sp³-hybridized carbons (Fsp3) is 0.556. The average Bonchev–Trinajstić information content (AvgIpc) is 2.53. The van der Waals surface area contributed by atoms with Crippen LogP contribution in [0.2, 0.25) is 5.02 Å². The second kappa shape index (κ2) is 7.95. The van der Waals surface area contributed by atoms with Crippen LogP contribution in [0.15, 0.2) is 18.2 Å². The number of ether oxygens (including phenoxy) is 2. The van der Waals surface area contributed by atoms with Crippen molar-refractivity contribution < 1.29 is 19.1 Å². The van der Waals surface area contributed by atoms with Crippen LogP contribution in [0.4, 0.5) is 10.5 Å². The number of piperazine rings is 1. The van der Waals surface area contributed by atoms with Gasteiger partial charge in [0.2, 0.25) is 0 Å². The van der Waals surface area contributed by atoms with Crippen LogP contribution in [0.3, 0.4) is 0 Å². The molecule has 1 aromatic rings. The summed E-state index contributed by atoms with van der Waals surface area (Å²) in [6.07, 6.45) is -0.0881. The number of benzene rings is 1. The van der Waals surface area contributed by atoms with Gasteiger partial charge in [-0.3, -0.25) is 4.79 Å². The van der Waals surface area contributed by atoms with Crippen molar-refractivity contribution in [1.29, 1.82) is 0 Å². The Hall–Kier alpha value is -1.95. The smallest absolute Gasteiger partial charge is 0.410 e. The third-order valence-electron chi connectivity index (χ3n) is 3.86. The van der Waals surface area contributed by atoms with E-state index in [9.17, 15) is 9.59 Å². The third-order valence-corrected chi connectivity index (χ3v) is 4.16. The number of carbonyl (C=O) groups excluding carboxylic acids is 2. The Morgan fingerprint density at radius 3 is 2.32 bits per heavy atom. The summed E-state index contributed by atoms with van der Waals surface area (Å²) in [6.45, 7) is 8.08. The van der Waals surface area contributed by atoms with E-state index in [-0.39, 0.29) is 18.5 Å². The van der Waals surface area contributed by atoms with E-state index in [1.807, 2.05) is 32.9 Å². The first kappa shape index (κ1) is 19.4. The number of methoxy groups -OCH3 is 1. The highest BCUT2D eigenvalue weighted by Gasteiger charge is 2.26. The normalized spacial score (nSPS) is 15.1. The molecule has 0 radical (unpaired) electrons. The minimum absolute atomic E-state index is 0.197. The van der Waals surface area contributed by atoms with Gasteiger partial charge in [-0.05, 0) is 38.5 Å². The van der Waals surface area contributed by atoms with Crippen molar-refractivity contribution in [2.45, 2.75) is 32.8 Å². The van der Waals surface area contributed by atoms with Gasteiger partial charge in [-0.2, -0.15) is 0 Å². The van der Waals surface area contributed by atoms with Crippen molar-refractivity contribution in [1.82, 2.24) is 4.90 Å². The number of amides is 1. The van der Waals surface area contributed by atoms with Gasteiger partial charge in [0.05, 0.1) is 24.2 Å². The quantitative estimate of drug-likeness (QED) is 0.767. The summed E-state index contributed by atoms with van der Waals surface area (Å²) in [5, 5.41) is 0.590. The molecule has 0 N–H and O–H groups in total. The highest BCUT2D eigenvalue weighted by molar-refractivity contribution is 6.33. The predicted octanol–water partition coefficient (Wildman–Crippen LogP) is 3.11. The van der Waals surface area contributed by atoms with Crippen LogP contribution in [-0.2, 0) is 20.7 Å². The molecule has 1 saturated heterocycles. The second-order valence-electron chi connectivity index (χ2n) is 6.99. The molecule has 25 heavy (non-hydrogen) atoms. The largest absolute Gasteiger partial charge is 0.469 e. The topological polar surface area (TPSA) is 59.1 Å². The maximum Gasteiger partial charge on any atom is 0.410 e. The molecular weight excluding hydrogens is 344 g/mol. The van der Waals surface area contributed by atoms with Crippen LogP contribution < -0.4 is 4.90 Å². The summed E-state index contributed by atoms with van der Waals surface area (Å²) in [7, 11) is 1.36. The molecule has 0 spiro atoms. The fourth-order valence-electron chi connectivity index (χ4n) is 2.61. The highest BCUT2D eigenvalue weighted by atomic mass is 35.5. The Bertz CT molecular complexity index is 634. The van der Waals surface area contributed by atoms with Crippen molar-refractivity contribution in [2.24, 2.45) is 0 Å². The zero-order valence-corrected chi connectivity index (χ0v) is 15.9. The molecule has 0 aromatic heterocycles. The number of carbonyl (C=O) groups is 2. The van der Waals surface area contributed by atoms with Crippen molar-refractivity contribution in [3.8, 4) is 0 Å². The summed E-state index contributed by atoms with van der Waals surface area (Å²) >= 11 is 6.38. The maximum atomic E-state index is 12.1. The van der Waals surface area contributed by atoms with Crippen LogP contribution >= 0.6 is 11.6 Å². The molecule has 0 aliphatic carbocycles. The average molecular weight is 369 g/mol. The van der Waals surface area contributed by atoms with Crippen LogP contribution in [-0.4, -0.2) is 55.9 Å². The van der Waals surface area contributed by atoms with Gasteiger partial charge >= 0.3 is 12.1 Å². The van der Waals surface area contributed by atoms with Gasteiger partial charge in [-0.25, -0.2) is 4.79 Å². The van der Waals surface area contributed by atoms with Crippen LogP contribution in [0.25, 0.3) is 0 Å². The first-order valence-electron chi connectivity index (χ1n) is 8.28. The zero-order valence-electron chi connectivity index (χ0n) is 15.2. The van der Waals surface area contributed by atoms with Crippen LogP contribution in [0.1, 0.15) is 26.3 Å². The Morgan fingerprint density at radius 2 is 1.80 bits per heavy atom. The number of anilines is 1. The Balaban J connectivity index is 1.96. The SMILES string of the molecule is COC(=O)Cc1ccc(N2CCN(C(=O)OC(C)(C)C)CC2)c(Cl)c1. The minimum Gasteiger partial charge on any atom is -0.469 e. The molecule has 0 atom stereocenters. The zero-order chi connectivity index (χ0) is 18.6. The van der Waals surface area contributed by atoms with Crippen LogP contribution in [0.5, 0.6) is 0 Å². The van der Waals surface area contributed by atoms with Crippen LogP contribution in [0, 0.1) is 0 Å². The van der Waals surface area contributed by atoms with Crippen molar-refractivity contribution in [3.05, 3.63) is 28.8 Å². The van der Waals surface area contributed by atoms with E-state index in [0.717, 1.165) is 11.3 Å². The lowest BCUT2D eigenvalue weighted by Gasteiger charge is -2.37. The minimum atomic E-state index is -0.493. The third kappa shape index (κ3) is 5.53. The summed E-state index contributed by atoms with van der Waals surface area (Å²) in [6, 6.07) is 5.57. The van der Waals surface area contributed by atoms with E-state index >= 15 is 0 Å². The summed E-state index contributed by atoms with van der Waals surface area (Å²) in [5.41, 5.74) is 1.22. The summed E-state index contributed by atoms with van der Waals surface area (Å²) in [5.74, 6) is -0.296. The van der Waals surface area contributed by atoms with E-state index in [1.165, 1.54) is 7.11 Å². The molecule has 0 unspecified atom stereocenters. The number of halogens is 1.